The number of amides is 2. The van der Waals surface area contributed by atoms with Gasteiger partial charge in [-0.05, 0) is 51.0 Å². The summed E-state index contributed by atoms with van der Waals surface area (Å²) in [5.41, 5.74) is 9.03. The fourth-order valence-electron chi connectivity index (χ4n) is 2.47. The number of nitrogens with zero attached hydrogens (tertiary/aromatic N) is 2. The molecule has 2 aromatic rings. The molecule has 0 aliphatic rings. The molecule has 2 amide bonds. The number of aliphatic hydroxyl groups is 1. The standard InChI is InChI=1S/C20H22F3N5O3.C2H6/c1-19(2,31)7-6-11(24)8-12-9-15(13(10-26-12)17(25)29)28-18(30)14-4-3-5-16(27-14)20(21,22)23;1-2/h3-5,8-10,31H,6-7,24H2,1-2H3,(H2,25,29)(H,26,28,30);1-2H3/b11-8-;. The van der Waals surface area contributed by atoms with E-state index in [4.69, 9.17) is 11.5 Å². The topological polar surface area (TPSA) is 144 Å². The van der Waals surface area contributed by atoms with E-state index in [9.17, 15) is 27.9 Å². The molecule has 0 unspecified atom stereocenters. The molecule has 0 aliphatic heterocycles. The Morgan fingerprint density at radius 1 is 1.18 bits per heavy atom. The average Bonchev–Trinajstić information content (AvgIpc) is 2.72. The third-order valence-corrected chi connectivity index (χ3v) is 4.07. The number of hydrogen-bond acceptors (Lipinski definition) is 6. The van der Waals surface area contributed by atoms with Crippen molar-refractivity contribution in [2.24, 2.45) is 11.5 Å². The van der Waals surface area contributed by atoms with Crippen molar-refractivity contribution in [1.82, 2.24) is 9.97 Å². The molecule has 0 aliphatic carbocycles. The van der Waals surface area contributed by atoms with Crippen molar-refractivity contribution < 1.29 is 27.9 Å². The van der Waals surface area contributed by atoms with Crippen LogP contribution in [0, 0.1) is 0 Å². The fraction of sp³-hybridized carbons (Fsp3) is 0.364. The van der Waals surface area contributed by atoms with E-state index < -0.39 is 35.0 Å². The first-order valence-corrected chi connectivity index (χ1v) is 10.1. The Morgan fingerprint density at radius 2 is 1.82 bits per heavy atom. The van der Waals surface area contributed by atoms with Gasteiger partial charge in [0, 0.05) is 11.9 Å². The predicted molar refractivity (Wildman–Crippen MR) is 119 cm³/mol. The zero-order valence-corrected chi connectivity index (χ0v) is 18.8. The van der Waals surface area contributed by atoms with Gasteiger partial charge in [0.05, 0.1) is 22.5 Å². The number of aromatic nitrogens is 2. The number of carbonyl (C=O) groups excluding carboxylic acids is 2. The molecule has 0 saturated heterocycles. The molecular weight excluding hydrogens is 439 g/mol. The van der Waals surface area contributed by atoms with E-state index in [1.807, 2.05) is 13.8 Å². The molecule has 0 fully saturated rings. The summed E-state index contributed by atoms with van der Waals surface area (Å²) in [6.07, 6.45) is -1.37. The summed E-state index contributed by atoms with van der Waals surface area (Å²) >= 11 is 0. The number of carbonyl (C=O) groups is 2. The number of allylic oxidation sites excluding steroid dienone is 1. The minimum Gasteiger partial charge on any atom is -0.402 e. The molecule has 0 radical (unpaired) electrons. The van der Waals surface area contributed by atoms with Gasteiger partial charge < -0.3 is 21.9 Å². The lowest BCUT2D eigenvalue weighted by Crippen LogP contribution is -2.21. The van der Waals surface area contributed by atoms with Gasteiger partial charge in [-0.15, -0.1) is 0 Å². The van der Waals surface area contributed by atoms with Crippen molar-refractivity contribution in [3.05, 3.63) is 58.8 Å². The first kappa shape index (κ1) is 27.6. The molecule has 6 N–H and O–H groups in total. The smallest absolute Gasteiger partial charge is 0.402 e. The molecule has 0 saturated carbocycles. The second kappa shape index (κ2) is 11.4. The highest BCUT2D eigenvalue weighted by atomic mass is 19.4. The van der Waals surface area contributed by atoms with Crippen LogP contribution in [0.2, 0.25) is 0 Å². The van der Waals surface area contributed by atoms with E-state index in [0.717, 1.165) is 24.4 Å². The maximum absolute atomic E-state index is 12.8. The van der Waals surface area contributed by atoms with Crippen molar-refractivity contribution in [3.63, 3.8) is 0 Å². The summed E-state index contributed by atoms with van der Waals surface area (Å²) in [6.45, 7) is 7.27. The van der Waals surface area contributed by atoms with Gasteiger partial charge in [0.1, 0.15) is 11.4 Å². The van der Waals surface area contributed by atoms with Gasteiger partial charge in [-0.1, -0.05) is 19.9 Å². The van der Waals surface area contributed by atoms with E-state index in [2.05, 4.69) is 15.3 Å². The normalized spacial score (nSPS) is 11.9. The van der Waals surface area contributed by atoms with Gasteiger partial charge in [0.25, 0.3) is 11.8 Å². The van der Waals surface area contributed by atoms with Crippen LogP contribution in [0.3, 0.4) is 0 Å². The summed E-state index contributed by atoms with van der Waals surface area (Å²) in [5.74, 6) is -1.87. The molecule has 11 heteroatoms. The molecule has 0 aromatic carbocycles. The van der Waals surface area contributed by atoms with Crippen molar-refractivity contribution in [2.75, 3.05) is 5.32 Å². The zero-order valence-electron chi connectivity index (χ0n) is 18.8. The summed E-state index contributed by atoms with van der Waals surface area (Å²) in [7, 11) is 0. The number of nitrogens with one attached hydrogen (secondary N) is 1. The third kappa shape index (κ3) is 8.89. The zero-order chi connectivity index (χ0) is 25.4. The molecular formula is C22H28F3N5O3. The lowest BCUT2D eigenvalue weighted by molar-refractivity contribution is -0.141. The molecule has 180 valence electrons. The van der Waals surface area contributed by atoms with Gasteiger partial charge in [-0.25, -0.2) is 4.98 Å². The van der Waals surface area contributed by atoms with Crippen LogP contribution in [-0.4, -0.2) is 32.5 Å². The Labute approximate surface area is 189 Å². The van der Waals surface area contributed by atoms with Crippen molar-refractivity contribution in [2.45, 2.75) is 52.3 Å². The number of alkyl halides is 3. The third-order valence-electron chi connectivity index (χ3n) is 4.07. The molecule has 2 aromatic heterocycles. The number of primary amides is 1. The summed E-state index contributed by atoms with van der Waals surface area (Å²) in [5, 5.41) is 12.1. The van der Waals surface area contributed by atoms with E-state index >= 15 is 0 Å². The molecule has 8 nitrogen and oxygen atoms in total. The van der Waals surface area contributed by atoms with Gasteiger partial charge in [0.2, 0.25) is 0 Å². The number of anilines is 1. The molecule has 0 spiro atoms. The maximum Gasteiger partial charge on any atom is 0.433 e. The highest BCUT2D eigenvalue weighted by Gasteiger charge is 2.33. The van der Waals surface area contributed by atoms with Gasteiger partial charge in [-0.3, -0.25) is 14.6 Å². The van der Waals surface area contributed by atoms with Gasteiger partial charge in [0.15, 0.2) is 0 Å². The van der Waals surface area contributed by atoms with E-state index in [1.165, 1.54) is 12.1 Å². The van der Waals surface area contributed by atoms with Crippen LogP contribution < -0.4 is 16.8 Å². The Bertz CT molecular complexity index is 1020. The number of hydrogen-bond donors (Lipinski definition) is 4. The maximum atomic E-state index is 12.8. The number of halogens is 3. The van der Waals surface area contributed by atoms with Crippen LogP contribution >= 0.6 is 0 Å². The second-order valence-corrected chi connectivity index (χ2v) is 7.41. The first-order chi connectivity index (χ1) is 15.3. The lowest BCUT2D eigenvalue weighted by atomic mass is 10.0. The van der Waals surface area contributed by atoms with E-state index in [-0.39, 0.29) is 16.9 Å². The van der Waals surface area contributed by atoms with Crippen LogP contribution in [0.5, 0.6) is 0 Å². The van der Waals surface area contributed by atoms with Crippen molar-refractivity contribution >= 4 is 23.6 Å². The SMILES string of the molecule is CC.CC(C)(O)CC/C(N)=C/c1cc(NC(=O)c2cccc(C(F)(F)F)n2)c(C(N)=O)cn1. The van der Waals surface area contributed by atoms with Crippen LogP contribution in [0.25, 0.3) is 6.08 Å². The number of nitrogens with two attached hydrogens (primary N) is 2. The van der Waals surface area contributed by atoms with E-state index in [1.54, 1.807) is 13.8 Å². The Hall–Kier alpha value is -3.47. The highest BCUT2D eigenvalue weighted by molar-refractivity contribution is 6.07. The molecule has 2 heterocycles. The fourth-order valence-corrected chi connectivity index (χ4v) is 2.47. The number of rotatable bonds is 7. The van der Waals surface area contributed by atoms with Gasteiger partial charge >= 0.3 is 6.18 Å². The predicted octanol–water partition coefficient (Wildman–Crippen LogP) is 3.72. The Kier molecular flexibility index (Phi) is 9.53. The quantitative estimate of drug-likeness (QED) is 0.488. The minimum atomic E-state index is -4.72. The van der Waals surface area contributed by atoms with Crippen molar-refractivity contribution in [1.29, 1.82) is 0 Å². The molecule has 2 rings (SSSR count). The Balaban J connectivity index is 0.00000265. The van der Waals surface area contributed by atoms with Crippen LogP contribution in [0.1, 0.15) is 72.8 Å². The summed E-state index contributed by atoms with van der Waals surface area (Å²) < 4.78 is 38.5. The molecule has 0 bridgehead atoms. The minimum absolute atomic E-state index is 0.0618. The molecule has 33 heavy (non-hydrogen) atoms. The summed E-state index contributed by atoms with van der Waals surface area (Å²) in [6, 6.07) is 4.19. The highest BCUT2D eigenvalue weighted by Crippen LogP contribution is 2.27. The van der Waals surface area contributed by atoms with Crippen LogP contribution in [-0.2, 0) is 6.18 Å². The monoisotopic (exact) mass is 467 g/mol. The lowest BCUT2D eigenvalue weighted by Gasteiger charge is -2.16. The van der Waals surface area contributed by atoms with Crippen LogP contribution in [0.4, 0.5) is 18.9 Å². The van der Waals surface area contributed by atoms with Gasteiger partial charge in [-0.2, -0.15) is 13.2 Å². The number of pyridine rings is 2. The van der Waals surface area contributed by atoms with Crippen molar-refractivity contribution in [3.8, 4) is 0 Å². The first-order valence-electron chi connectivity index (χ1n) is 10.1. The van der Waals surface area contributed by atoms with E-state index in [0.29, 0.717) is 18.5 Å². The Morgan fingerprint density at radius 3 is 2.36 bits per heavy atom. The second-order valence-electron chi connectivity index (χ2n) is 7.41. The summed E-state index contributed by atoms with van der Waals surface area (Å²) in [4.78, 5) is 31.4. The molecule has 0 atom stereocenters. The van der Waals surface area contributed by atoms with Crippen LogP contribution in [0.15, 0.2) is 36.2 Å². The average molecular weight is 467 g/mol. The largest absolute Gasteiger partial charge is 0.433 e.